The molecule has 1 atom stereocenters. The molecule has 1 fully saturated rings. The van der Waals surface area contributed by atoms with Crippen molar-refractivity contribution < 1.29 is 14.3 Å². The lowest BCUT2D eigenvalue weighted by atomic mass is 10.0. The molecule has 3 aliphatic rings. The molecule has 2 aromatic carbocycles. The van der Waals surface area contributed by atoms with Gasteiger partial charge in [-0.05, 0) is 55.0 Å². The second-order valence-electron chi connectivity index (χ2n) is 8.16. The summed E-state index contributed by atoms with van der Waals surface area (Å²) >= 11 is 0. The second kappa shape index (κ2) is 7.97. The average Bonchev–Trinajstić information content (AvgIpc) is 3.13. The molecule has 1 unspecified atom stereocenters. The number of rotatable bonds is 3. The molecule has 1 saturated heterocycles. The van der Waals surface area contributed by atoms with Gasteiger partial charge in [0, 0.05) is 25.2 Å². The van der Waals surface area contributed by atoms with Gasteiger partial charge in [0.05, 0.1) is 25.8 Å². The number of ether oxygens (including phenoxy) is 2. The van der Waals surface area contributed by atoms with Crippen LogP contribution in [0.1, 0.15) is 42.9 Å². The summed E-state index contributed by atoms with van der Waals surface area (Å²) in [7, 11) is 0. The van der Waals surface area contributed by atoms with Crippen molar-refractivity contribution in [3.8, 4) is 11.5 Å². The minimum absolute atomic E-state index is 0.125. The third kappa shape index (κ3) is 3.66. The maximum absolute atomic E-state index is 13.3. The Kier molecular flexibility index (Phi) is 5.04. The van der Waals surface area contributed by atoms with Crippen LogP contribution >= 0.6 is 0 Å². The fourth-order valence-corrected chi connectivity index (χ4v) is 4.83. The van der Waals surface area contributed by atoms with E-state index in [0.717, 1.165) is 62.3 Å². The minimum atomic E-state index is 0.125. The van der Waals surface area contributed by atoms with Crippen molar-refractivity contribution in [2.24, 2.45) is 0 Å². The van der Waals surface area contributed by atoms with Gasteiger partial charge in [-0.25, -0.2) is 0 Å². The molecule has 2 aromatic rings. The van der Waals surface area contributed by atoms with Crippen LogP contribution in [0.5, 0.6) is 11.5 Å². The van der Waals surface area contributed by atoms with E-state index in [1.807, 2.05) is 6.07 Å². The average molecular weight is 392 g/mol. The Morgan fingerprint density at radius 2 is 1.83 bits per heavy atom. The van der Waals surface area contributed by atoms with Gasteiger partial charge in [-0.2, -0.15) is 0 Å². The molecule has 5 nitrogen and oxygen atoms in total. The molecular formula is C24H28N2O3. The second-order valence-corrected chi connectivity index (χ2v) is 8.16. The van der Waals surface area contributed by atoms with Crippen LogP contribution in [-0.4, -0.2) is 43.7 Å². The van der Waals surface area contributed by atoms with E-state index in [-0.39, 0.29) is 11.9 Å². The van der Waals surface area contributed by atoms with Crippen LogP contribution in [0.15, 0.2) is 42.5 Å². The highest BCUT2D eigenvalue weighted by Gasteiger charge is 2.32. The molecule has 5 heteroatoms. The van der Waals surface area contributed by atoms with E-state index >= 15 is 0 Å². The molecule has 152 valence electrons. The molecule has 0 spiro atoms. The molecule has 0 N–H and O–H groups in total. The van der Waals surface area contributed by atoms with Gasteiger partial charge in [-0.3, -0.25) is 4.79 Å². The first-order valence-electron chi connectivity index (χ1n) is 10.8. The number of para-hydroxylation sites is 1. The Labute approximate surface area is 172 Å². The lowest BCUT2D eigenvalue weighted by Gasteiger charge is -2.33. The van der Waals surface area contributed by atoms with E-state index < -0.39 is 0 Å². The number of carbonyl (C=O) groups is 1. The first kappa shape index (κ1) is 18.3. The van der Waals surface area contributed by atoms with Gasteiger partial charge < -0.3 is 19.3 Å². The Bertz CT molecular complexity index is 897. The molecular weight excluding hydrogens is 364 g/mol. The highest BCUT2D eigenvalue weighted by atomic mass is 16.5. The predicted molar refractivity (Wildman–Crippen MR) is 113 cm³/mol. The largest absolute Gasteiger partial charge is 0.490 e. The first-order valence-corrected chi connectivity index (χ1v) is 10.8. The number of nitrogens with zero attached hydrogens (tertiary/aromatic N) is 2. The number of likely N-dealkylation sites (tertiary alicyclic amines) is 1. The fraction of sp³-hybridized carbons (Fsp3) is 0.458. The van der Waals surface area contributed by atoms with E-state index in [1.165, 1.54) is 11.3 Å². The standard InChI is InChI=1S/C24H28N2O3/c27-24(17-25-12-3-7-18-6-1-2-8-20(18)25)26-13-4-9-21(26)19-10-11-22-23(16-19)29-15-5-14-28-22/h1-2,6,8,10-11,16,21H,3-5,7,9,12-15,17H2. The lowest BCUT2D eigenvalue weighted by Crippen LogP contribution is -2.42. The van der Waals surface area contributed by atoms with Gasteiger partial charge in [0.15, 0.2) is 11.5 Å². The summed E-state index contributed by atoms with van der Waals surface area (Å²) in [6.45, 7) is 3.60. The van der Waals surface area contributed by atoms with E-state index in [0.29, 0.717) is 19.8 Å². The monoisotopic (exact) mass is 392 g/mol. The molecule has 0 bridgehead atoms. The number of benzene rings is 2. The highest BCUT2D eigenvalue weighted by Crippen LogP contribution is 2.38. The third-order valence-corrected chi connectivity index (χ3v) is 6.26. The molecule has 29 heavy (non-hydrogen) atoms. The van der Waals surface area contributed by atoms with Crippen molar-refractivity contribution in [1.82, 2.24) is 4.90 Å². The molecule has 3 aliphatic heterocycles. The van der Waals surface area contributed by atoms with Crippen LogP contribution < -0.4 is 14.4 Å². The van der Waals surface area contributed by atoms with Crippen LogP contribution in [0, 0.1) is 0 Å². The Balaban J connectivity index is 1.34. The number of anilines is 1. The Morgan fingerprint density at radius 1 is 0.966 bits per heavy atom. The number of hydrogen-bond donors (Lipinski definition) is 0. The van der Waals surface area contributed by atoms with Crippen LogP contribution in [-0.2, 0) is 11.2 Å². The Morgan fingerprint density at radius 3 is 2.76 bits per heavy atom. The van der Waals surface area contributed by atoms with Crippen LogP contribution in [0.4, 0.5) is 5.69 Å². The predicted octanol–water partition coefficient (Wildman–Crippen LogP) is 3.96. The number of aryl methyl sites for hydroxylation is 1. The van der Waals surface area contributed by atoms with E-state index in [2.05, 4.69) is 46.2 Å². The quantitative estimate of drug-likeness (QED) is 0.793. The van der Waals surface area contributed by atoms with Crippen LogP contribution in [0.2, 0.25) is 0 Å². The number of carbonyl (C=O) groups excluding carboxylic acids is 1. The number of hydrogen-bond acceptors (Lipinski definition) is 4. The van der Waals surface area contributed by atoms with Crippen molar-refractivity contribution in [3.63, 3.8) is 0 Å². The zero-order chi connectivity index (χ0) is 19.6. The molecule has 0 saturated carbocycles. The zero-order valence-corrected chi connectivity index (χ0v) is 16.8. The van der Waals surface area contributed by atoms with Gasteiger partial charge in [0.25, 0.3) is 0 Å². The van der Waals surface area contributed by atoms with E-state index in [1.54, 1.807) is 0 Å². The molecule has 0 radical (unpaired) electrons. The maximum atomic E-state index is 13.3. The van der Waals surface area contributed by atoms with Crippen LogP contribution in [0.25, 0.3) is 0 Å². The summed E-state index contributed by atoms with van der Waals surface area (Å²) in [6, 6.07) is 14.8. The zero-order valence-electron chi connectivity index (χ0n) is 16.8. The van der Waals surface area contributed by atoms with Gasteiger partial charge in [0.2, 0.25) is 5.91 Å². The first-order chi connectivity index (χ1) is 14.3. The van der Waals surface area contributed by atoms with Crippen LogP contribution in [0.3, 0.4) is 0 Å². The topological polar surface area (TPSA) is 42.0 Å². The van der Waals surface area contributed by atoms with Gasteiger partial charge in [0.1, 0.15) is 0 Å². The normalized spacial score (nSPS) is 20.9. The maximum Gasteiger partial charge on any atom is 0.242 e. The van der Waals surface area contributed by atoms with Gasteiger partial charge in [-0.1, -0.05) is 24.3 Å². The summed E-state index contributed by atoms with van der Waals surface area (Å²) in [5, 5.41) is 0. The molecule has 0 aromatic heterocycles. The molecule has 3 heterocycles. The SMILES string of the molecule is O=C(CN1CCCc2ccccc21)N1CCCC1c1ccc2c(c1)OCCCO2. The van der Waals surface area contributed by atoms with Crippen molar-refractivity contribution in [2.75, 3.05) is 37.7 Å². The van der Waals surface area contributed by atoms with Crippen molar-refractivity contribution in [2.45, 2.75) is 38.1 Å². The Hall–Kier alpha value is -2.69. The summed E-state index contributed by atoms with van der Waals surface area (Å²) in [6.07, 6.45) is 5.15. The van der Waals surface area contributed by atoms with E-state index in [4.69, 9.17) is 9.47 Å². The van der Waals surface area contributed by atoms with Gasteiger partial charge in [-0.15, -0.1) is 0 Å². The highest BCUT2D eigenvalue weighted by molar-refractivity contribution is 5.82. The van der Waals surface area contributed by atoms with Crippen molar-refractivity contribution in [3.05, 3.63) is 53.6 Å². The summed E-state index contributed by atoms with van der Waals surface area (Å²) in [4.78, 5) is 17.6. The summed E-state index contributed by atoms with van der Waals surface area (Å²) < 4.78 is 11.6. The number of fused-ring (bicyclic) bond motifs is 2. The molecule has 1 amide bonds. The smallest absolute Gasteiger partial charge is 0.242 e. The van der Waals surface area contributed by atoms with Crippen molar-refractivity contribution in [1.29, 1.82) is 0 Å². The third-order valence-electron chi connectivity index (χ3n) is 6.26. The minimum Gasteiger partial charge on any atom is -0.490 e. The fourth-order valence-electron chi connectivity index (χ4n) is 4.83. The summed E-state index contributed by atoms with van der Waals surface area (Å²) in [5.74, 6) is 1.84. The molecule has 5 rings (SSSR count). The van der Waals surface area contributed by atoms with E-state index in [9.17, 15) is 4.79 Å². The van der Waals surface area contributed by atoms with Gasteiger partial charge >= 0.3 is 0 Å². The summed E-state index contributed by atoms with van der Waals surface area (Å²) in [5.41, 5.74) is 3.73. The number of amides is 1. The lowest BCUT2D eigenvalue weighted by molar-refractivity contribution is -0.130. The molecule has 0 aliphatic carbocycles. The van der Waals surface area contributed by atoms with Crippen molar-refractivity contribution >= 4 is 11.6 Å².